The average Bonchev–Trinajstić information content (AvgIpc) is 3.40. The van der Waals surface area contributed by atoms with Gasteiger partial charge in [-0.1, -0.05) is 17.4 Å². The SMILES string of the molecule is Cc1cc(-c2cncnc2)cc([C@H]2CCN(C(=O)Cc3ccc4nc(N)sc4c3)C2)n1. The third kappa shape index (κ3) is 4.11. The van der Waals surface area contributed by atoms with E-state index < -0.39 is 0 Å². The lowest BCUT2D eigenvalue weighted by atomic mass is 10.00. The molecular formula is C23H22N6OS. The summed E-state index contributed by atoms with van der Waals surface area (Å²) in [5.74, 6) is 0.375. The molecule has 0 unspecified atom stereocenters. The molecule has 0 bridgehead atoms. The van der Waals surface area contributed by atoms with Crippen molar-refractivity contribution in [3.63, 3.8) is 0 Å². The van der Waals surface area contributed by atoms with Gasteiger partial charge in [0.05, 0.1) is 16.6 Å². The fraction of sp³-hybridized carbons (Fsp3) is 0.261. The summed E-state index contributed by atoms with van der Waals surface area (Å²) in [7, 11) is 0. The highest BCUT2D eigenvalue weighted by Gasteiger charge is 2.28. The normalized spacial score (nSPS) is 16.2. The molecule has 1 atom stereocenters. The van der Waals surface area contributed by atoms with Gasteiger partial charge < -0.3 is 10.6 Å². The Morgan fingerprint density at radius 2 is 2.00 bits per heavy atom. The number of carbonyl (C=O) groups is 1. The van der Waals surface area contributed by atoms with Gasteiger partial charge >= 0.3 is 0 Å². The third-order valence-corrected chi connectivity index (χ3v) is 6.50. The molecule has 0 radical (unpaired) electrons. The Labute approximate surface area is 184 Å². The maximum Gasteiger partial charge on any atom is 0.227 e. The van der Waals surface area contributed by atoms with Crippen molar-refractivity contribution < 1.29 is 4.79 Å². The molecule has 3 aromatic heterocycles. The first kappa shape index (κ1) is 19.6. The minimum absolute atomic E-state index is 0.142. The highest BCUT2D eigenvalue weighted by atomic mass is 32.1. The average molecular weight is 431 g/mol. The molecule has 8 heteroatoms. The molecule has 1 amide bonds. The second-order valence-corrected chi connectivity index (χ2v) is 8.97. The van der Waals surface area contributed by atoms with Gasteiger partial charge in [0.1, 0.15) is 6.33 Å². The number of fused-ring (bicyclic) bond motifs is 1. The molecule has 31 heavy (non-hydrogen) atoms. The minimum atomic E-state index is 0.142. The number of amides is 1. The van der Waals surface area contributed by atoms with Crippen LogP contribution in [-0.4, -0.2) is 43.8 Å². The van der Waals surface area contributed by atoms with Crippen LogP contribution in [0, 0.1) is 6.92 Å². The van der Waals surface area contributed by atoms with E-state index in [9.17, 15) is 4.79 Å². The summed E-state index contributed by atoms with van der Waals surface area (Å²) in [6.45, 7) is 3.44. The lowest BCUT2D eigenvalue weighted by Crippen LogP contribution is -2.30. The summed E-state index contributed by atoms with van der Waals surface area (Å²) in [6, 6.07) is 10.1. The van der Waals surface area contributed by atoms with Crippen molar-refractivity contribution in [3.8, 4) is 11.1 Å². The summed E-state index contributed by atoms with van der Waals surface area (Å²) in [5.41, 5.74) is 11.7. The Bertz CT molecular complexity index is 1260. The van der Waals surface area contributed by atoms with Crippen LogP contribution in [0.5, 0.6) is 0 Å². The summed E-state index contributed by atoms with van der Waals surface area (Å²) in [6.07, 6.45) is 6.44. The van der Waals surface area contributed by atoms with E-state index in [1.165, 1.54) is 17.7 Å². The van der Waals surface area contributed by atoms with Crippen LogP contribution >= 0.6 is 11.3 Å². The first-order chi connectivity index (χ1) is 15.0. The second kappa shape index (κ2) is 8.03. The Hall–Kier alpha value is -3.39. The topological polar surface area (TPSA) is 97.9 Å². The number of aryl methyl sites for hydroxylation is 1. The fourth-order valence-electron chi connectivity index (χ4n) is 4.13. The lowest BCUT2D eigenvalue weighted by molar-refractivity contribution is -0.129. The van der Waals surface area contributed by atoms with Crippen LogP contribution in [0.4, 0.5) is 5.13 Å². The van der Waals surface area contributed by atoms with E-state index >= 15 is 0 Å². The Morgan fingerprint density at radius 1 is 1.16 bits per heavy atom. The number of nitrogen functional groups attached to an aromatic ring is 1. The van der Waals surface area contributed by atoms with E-state index in [0.29, 0.717) is 18.1 Å². The van der Waals surface area contributed by atoms with E-state index in [1.54, 1.807) is 0 Å². The smallest absolute Gasteiger partial charge is 0.227 e. The molecular weight excluding hydrogens is 408 g/mol. The van der Waals surface area contributed by atoms with Crippen molar-refractivity contribution in [2.75, 3.05) is 18.8 Å². The Kier molecular flexibility index (Phi) is 5.07. The van der Waals surface area contributed by atoms with Gasteiger partial charge in [-0.05, 0) is 48.7 Å². The van der Waals surface area contributed by atoms with Crippen LogP contribution in [0.2, 0.25) is 0 Å². The molecule has 1 saturated heterocycles. The van der Waals surface area contributed by atoms with Gasteiger partial charge in [0.2, 0.25) is 5.91 Å². The van der Waals surface area contributed by atoms with Gasteiger partial charge in [0.25, 0.3) is 0 Å². The van der Waals surface area contributed by atoms with Crippen molar-refractivity contribution >= 4 is 32.6 Å². The van der Waals surface area contributed by atoms with Crippen molar-refractivity contribution in [2.45, 2.75) is 25.7 Å². The van der Waals surface area contributed by atoms with E-state index in [4.69, 9.17) is 10.7 Å². The molecule has 4 aromatic rings. The number of carbonyl (C=O) groups excluding carboxylic acids is 1. The number of nitrogens with zero attached hydrogens (tertiary/aromatic N) is 5. The first-order valence-electron chi connectivity index (χ1n) is 10.2. The summed E-state index contributed by atoms with van der Waals surface area (Å²) in [4.78, 5) is 32.2. The van der Waals surface area contributed by atoms with Gasteiger partial charge in [-0.2, -0.15) is 0 Å². The number of hydrogen-bond acceptors (Lipinski definition) is 7. The van der Waals surface area contributed by atoms with Crippen LogP contribution in [0.15, 0.2) is 49.1 Å². The Balaban J connectivity index is 1.30. The van der Waals surface area contributed by atoms with Crippen LogP contribution in [-0.2, 0) is 11.2 Å². The predicted molar refractivity (Wildman–Crippen MR) is 122 cm³/mol. The number of likely N-dealkylation sites (tertiary alicyclic amines) is 1. The molecule has 1 aliphatic rings. The van der Waals surface area contributed by atoms with Crippen LogP contribution in [0.3, 0.4) is 0 Å². The summed E-state index contributed by atoms with van der Waals surface area (Å²) in [5, 5.41) is 0.549. The van der Waals surface area contributed by atoms with Gasteiger partial charge in [-0.3, -0.25) is 9.78 Å². The number of rotatable bonds is 4. The van der Waals surface area contributed by atoms with E-state index in [2.05, 4.69) is 21.0 Å². The molecule has 0 aliphatic carbocycles. The lowest BCUT2D eigenvalue weighted by Gasteiger charge is -2.17. The fourth-order valence-corrected chi connectivity index (χ4v) is 4.93. The third-order valence-electron chi connectivity index (χ3n) is 5.65. The van der Waals surface area contributed by atoms with Gasteiger partial charge in [-0.25, -0.2) is 15.0 Å². The number of aromatic nitrogens is 4. The van der Waals surface area contributed by atoms with Gasteiger partial charge in [0.15, 0.2) is 5.13 Å². The molecule has 1 aliphatic heterocycles. The molecule has 0 saturated carbocycles. The van der Waals surface area contributed by atoms with Crippen LogP contribution in [0.1, 0.15) is 29.3 Å². The molecule has 1 aromatic carbocycles. The van der Waals surface area contributed by atoms with E-state index in [1.807, 2.05) is 48.5 Å². The van der Waals surface area contributed by atoms with Gasteiger partial charge in [-0.15, -0.1) is 0 Å². The van der Waals surface area contributed by atoms with Crippen molar-refractivity contribution in [1.29, 1.82) is 0 Å². The van der Waals surface area contributed by atoms with E-state index in [-0.39, 0.29) is 11.8 Å². The van der Waals surface area contributed by atoms with Gasteiger partial charge in [0, 0.05) is 48.4 Å². The molecule has 1 fully saturated rings. The zero-order valence-corrected chi connectivity index (χ0v) is 18.0. The maximum absolute atomic E-state index is 12.9. The highest BCUT2D eigenvalue weighted by Crippen LogP contribution is 2.30. The predicted octanol–water partition coefficient (Wildman–Crippen LogP) is 3.60. The molecule has 2 N–H and O–H groups in total. The first-order valence-corrected chi connectivity index (χ1v) is 11.0. The minimum Gasteiger partial charge on any atom is -0.375 e. The quantitative estimate of drug-likeness (QED) is 0.531. The Morgan fingerprint density at radius 3 is 2.84 bits per heavy atom. The molecule has 4 heterocycles. The second-order valence-electron chi connectivity index (χ2n) is 7.91. The monoisotopic (exact) mass is 430 g/mol. The largest absolute Gasteiger partial charge is 0.375 e. The molecule has 0 spiro atoms. The maximum atomic E-state index is 12.9. The zero-order chi connectivity index (χ0) is 21.4. The number of anilines is 1. The van der Waals surface area contributed by atoms with E-state index in [0.717, 1.165) is 51.3 Å². The van der Waals surface area contributed by atoms with Crippen molar-refractivity contribution in [3.05, 3.63) is 66.0 Å². The number of hydrogen-bond donors (Lipinski definition) is 1. The molecule has 7 nitrogen and oxygen atoms in total. The number of benzene rings is 1. The zero-order valence-electron chi connectivity index (χ0n) is 17.2. The summed E-state index contributed by atoms with van der Waals surface area (Å²) < 4.78 is 1.02. The molecule has 5 rings (SSSR count). The van der Waals surface area contributed by atoms with Crippen LogP contribution in [0.25, 0.3) is 21.3 Å². The van der Waals surface area contributed by atoms with Crippen molar-refractivity contribution in [1.82, 2.24) is 24.8 Å². The summed E-state index contributed by atoms with van der Waals surface area (Å²) >= 11 is 1.45. The highest BCUT2D eigenvalue weighted by molar-refractivity contribution is 7.22. The number of nitrogens with two attached hydrogens (primary N) is 1. The number of pyridine rings is 1. The number of thiazole rings is 1. The standard InChI is InChI=1S/C23H22N6OS/c1-14-6-17(18-10-25-13-26-11-18)9-20(27-14)16-4-5-29(12-16)22(30)8-15-2-3-19-21(7-15)31-23(24)28-19/h2-3,6-7,9-11,13,16H,4-5,8,12H2,1H3,(H2,24,28)/t16-/m0/s1. The van der Waals surface area contributed by atoms with Crippen LogP contribution < -0.4 is 5.73 Å². The van der Waals surface area contributed by atoms with Crippen molar-refractivity contribution in [2.24, 2.45) is 0 Å². The molecule has 156 valence electrons.